The number of likely N-dealkylation sites (N-methyl/N-ethyl adjacent to an activating group) is 1. The van der Waals surface area contributed by atoms with Crippen molar-refractivity contribution >= 4 is 5.78 Å². The predicted octanol–water partition coefficient (Wildman–Crippen LogP) is 2.18. The predicted molar refractivity (Wildman–Crippen MR) is 77.8 cm³/mol. The Hall–Kier alpha value is -1.13. The number of aromatic nitrogens is 1. The number of hydrogen-bond donors (Lipinski definition) is 0. The minimum atomic E-state index is 0.174. The molecule has 0 aliphatic heterocycles. The van der Waals surface area contributed by atoms with Gasteiger partial charge in [0.15, 0.2) is 5.78 Å². The molecule has 1 heterocycles. The standard InChI is InChI=1S/C15H26N2O2/c1-11(2)19-8-7-16(5)10-15(18)14-9-12(3)17(6)13(14)4/h9,11H,7-8,10H2,1-6H3. The van der Waals surface area contributed by atoms with Crippen LogP contribution in [0.5, 0.6) is 0 Å². The molecule has 1 aromatic rings. The van der Waals surface area contributed by atoms with E-state index >= 15 is 0 Å². The van der Waals surface area contributed by atoms with Crippen molar-refractivity contribution in [1.82, 2.24) is 9.47 Å². The van der Waals surface area contributed by atoms with Gasteiger partial charge in [0.2, 0.25) is 0 Å². The van der Waals surface area contributed by atoms with Crippen LogP contribution in [0.4, 0.5) is 0 Å². The van der Waals surface area contributed by atoms with Crippen LogP contribution >= 0.6 is 0 Å². The Morgan fingerprint density at radius 1 is 1.42 bits per heavy atom. The summed E-state index contributed by atoms with van der Waals surface area (Å²) in [6, 6.07) is 1.97. The van der Waals surface area contributed by atoms with E-state index in [1.54, 1.807) is 0 Å². The molecule has 4 heteroatoms. The highest BCUT2D eigenvalue weighted by atomic mass is 16.5. The van der Waals surface area contributed by atoms with Crippen molar-refractivity contribution in [3.8, 4) is 0 Å². The number of nitrogens with zero attached hydrogens (tertiary/aromatic N) is 2. The zero-order chi connectivity index (χ0) is 14.6. The molecular weight excluding hydrogens is 240 g/mol. The molecule has 0 fully saturated rings. The zero-order valence-corrected chi connectivity index (χ0v) is 13.0. The molecule has 0 atom stereocenters. The second-order valence-corrected chi connectivity index (χ2v) is 5.42. The van der Waals surface area contributed by atoms with Gasteiger partial charge < -0.3 is 9.30 Å². The van der Waals surface area contributed by atoms with Gasteiger partial charge >= 0.3 is 0 Å². The Morgan fingerprint density at radius 2 is 2.05 bits per heavy atom. The highest BCUT2D eigenvalue weighted by Gasteiger charge is 2.15. The first-order valence-corrected chi connectivity index (χ1v) is 6.79. The van der Waals surface area contributed by atoms with Gasteiger partial charge in [-0.05, 0) is 40.8 Å². The molecule has 0 saturated heterocycles. The van der Waals surface area contributed by atoms with Crippen LogP contribution in [-0.2, 0) is 11.8 Å². The number of carbonyl (C=O) groups excluding carboxylic acids is 1. The number of carbonyl (C=O) groups is 1. The first-order valence-electron chi connectivity index (χ1n) is 6.79. The summed E-state index contributed by atoms with van der Waals surface area (Å²) in [5, 5.41) is 0. The van der Waals surface area contributed by atoms with Crippen LogP contribution in [-0.4, -0.2) is 48.1 Å². The lowest BCUT2D eigenvalue weighted by molar-refractivity contribution is 0.0619. The first-order chi connectivity index (χ1) is 8.82. The Morgan fingerprint density at radius 3 is 2.53 bits per heavy atom. The summed E-state index contributed by atoms with van der Waals surface area (Å²) in [7, 11) is 3.94. The quantitative estimate of drug-likeness (QED) is 0.709. The fourth-order valence-electron chi connectivity index (χ4n) is 1.99. The molecule has 0 radical (unpaired) electrons. The first kappa shape index (κ1) is 15.9. The van der Waals surface area contributed by atoms with Gasteiger partial charge in [-0.1, -0.05) is 0 Å². The topological polar surface area (TPSA) is 34.5 Å². The van der Waals surface area contributed by atoms with E-state index in [0.29, 0.717) is 13.2 Å². The molecule has 0 unspecified atom stereocenters. The monoisotopic (exact) mass is 266 g/mol. The van der Waals surface area contributed by atoms with E-state index in [1.165, 1.54) is 0 Å². The molecule has 0 aromatic carbocycles. The molecule has 0 saturated carbocycles. The van der Waals surface area contributed by atoms with Crippen LogP contribution in [0.3, 0.4) is 0 Å². The van der Waals surface area contributed by atoms with Crippen molar-refractivity contribution in [3.05, 3.63) is 23.0 Å². The van der Waals surface area contributed by atoms with Crippen molar-refractivity contribution in [2.24, 2.45) is 7.05 Å². The smallest absolute Gasteiger partial charge is 0.178 e. The molecule has 1 rings (SSSR count). The molecule has 0 amide bonds. The summed E-state index contributed by atoms with van der Waals surface area (Å²) in [6.45, 7) is 9.91. The summed E-state index contributed by atoms with van der Waals surface area (Å²) in [5.74, 6) is 0.174. The molecule has 19 heavy (non-hydrogen) atoms. The average molecular weight is 266 g/mol. The van der Waals surface area contributed by atoms with E-state index in [2.05, 4.69) is 4.57 Å². The third-order valence-corrected chi connectivity index (χ3v) is 3.41. The fourth-order valence-corrected chi connectivity index (χ4v) is 1.99. The molecule has 0 bridgehead atoms. The van der Waals surface area contributed by atoms with Crippen LogP contribution in [0.25, 0.3) is 0 Å². The molecule has 108 valence electrons. The highest BCUT2D eigenvalue weighted by Crippen LogP contribution is 2.14. The van der Waals surface area contributed by atoms with Gasteiger partial charge in [-0.25, -0.2) is 0 Å². The van der Waals surface area contributed by atoms with Crippen molar-refractivity contribution in [1.29, 1.82) is 0 Å². The summed E-state index contributed by atoms with van der Waals surface area (Å²) < 4.78 is 7.54. The van der Waals surface area contributed by atoms with Crippen LogP contribution in [0.15, 0.2) is 6.07 Å². The highest BCUT2D eigenvalue weighted by molar-refractivity contribution is 5.99. The number of hydrogen-bond acceptors (Lipinski definition) is 3. The molecule has 0 N–H and O–H groups in total. The maximum absolute atomic E-state index is 12.2. The van der Waals surface area contributed by atoms with Gasteiger partial charge in [0.25, 0.3) is 0 Å². The fraction of sp³-hybridized carbons (Fsp3) is 0.667. The van der Waals surface area contributed by atoms with Crippen LogP contribution in [0, 0.1) is 13.8 Å². The number of rotatable bonds is 7. The molecule has 4 nitrogen and oxygen atoms in total. The summed E-state index contributed by atoms with van der Waals surface area (Å²) in [5.41, 5.74) is 2.98. The van der Waals surface area contributed by atoms with Crippen molar-refractivity contribution in [3.63, 3.8) is 0 Å². The zero-order valence-electron chi connectivity index (χ0n) is 13.0. The van der Waals surface area contributed by atoms with E-state index < -0.39 is 0 Å². The van der Waals surface area contributed by atoms with Crippen molar-refractivity contribution < 1.29 is 9.53 Å². The number of aryl methyl sites for hydroxylation is 1. The number of ether oxygens (including phenoxy) is 1. The maximum Gasteiger partial charge on any atom is 0.178 e. The average Bonchev–Trinajstić information content (AvgIpc) is 2.56. The SMILES string of the molecule is Cc1cc(C(=O)CN(C)CCOC(C)C)c(C)n1C. The molecule has 0 aliphatic carbocycles. The van der Waals surface area contributed by atoms with Crippen LogP contribution in [0.1, 0.15) is 35.6 Å². The second-order valence-electron chi connectivity index (χ2n) is 5.42. The van der Waals surface area contributed by atoms with Gasteiger partial charge in [-0.15, -0.1) is 0 Å². The summed E-state index contributed by atoms with van der Waals surface area (Å²) in [6.07, 6.45) is 0.239. The lowest BCUT2D eigenvalue weighted by Gasteiger charge is -2.16. The van der Waals surface area contributed by atoms with Gasteiger partial charge in [0, 0.05) is 30.5 Å². The van der Waals surface area contributed by atoms with Crippen molar-refractivity contribution in [2.45, 2.75) is 33.8 Å². The van der Waals surface area contributed by atoms with E-state index in [-0.39, 0.29) is 11.9 Å². The van der Waals surface area contributed by atoms with Gasteiger partial charge in [0.1, 0.15) is 0 Å². The minimum Gasteiger partial charge on any atom is -0.377 e. The van der Waals surface area contributed by atoms with E-state index in [9.17, 15) is 4.79 Å². The van der Waals surface area contributed by atoms with Gasteiger partial charge in [0.05, 0.1) is 19.3 Å². The molecule has 0 spiro atoms. The molecular formula is C15H26N2O2. The Bertz CT molecular complexity index is 436. The lowest BCUT2D eigenvalue weighted by Crippen LogP contribution is -2.30. The van der Waals surface area contributed by atoms with Crippen LogP contribution < -0.4 is 0 Å². The maximum atomic E-state index is 12.2. The Kier molecular flexibility index (Phi) is 5.76. The van der Waals surface area contributed by atoms with Gasteiger partial charge in [-0.3, -0.25) is 9.69 Å². The third-order valence-electron chi connectivity index (χ3n) is 3.41. The normalized spacial score (nSPS) is 11.6. The minimum absolute atomic E-state index is 0.174. The van der Waals surface area contributed by atoms with Crippen LogP contribution in [0.2, 0.25) is 0 Å². The van der Waals surface area contributed by atoms with E-state index in [0.717, 1.165) is 23.5 Å². The molecule has 0 aliphatic rings. The summed E-state index contributed by atoms with van der Waals surface area (Å²) in [4.78, 5) is 14.2. The van der Waals surface area contributed by atoms with E-state index in [1.807, 2.05) is 52.8 Å². The number of Topliss-reactive ketones (excluding diaryl/α,β-unsaturated/α-hetero) is 1. The van der Waals surface area contributed by atoms with Crippen molar-refractivity contribution in [2.75, 3.05) is 26.7 Å². The Labute approximate surface area is 116 Å². The molecule has 1 aromatic heterocycles. The summed E-state index contributed by atoms with van der Waals surface area (Å²) >= 11 is 0. The largest absolute Gasteiger partial charge is 0.377 e. The third kappa shape index (κ3) is 4.48. The second kappa shape index (κ2) is 6.87. The van der Waals surface area contributed by atoms with Gasteiger partial charge in [-0.2, -0.15) is 0 Å². The Balaban J connectivity index is 2.52. The van der Waals surface area contributed by atoms with E-state index in [4.69, 9.17) is 4.74 Å². The lowest BCUT2D eigenvalue weighted by atomic mass is 10.1. The number of ketones is 1.